The average molecular weight is 306 g/mol. The molecule has 0 atom stereocenters. The highest BCUT2D eigenvalue weighted by Gasteiger charge is 2.29. The molecule has 1 N–H and O–H groups in total. The predicted octanol–water partition coefficient (Wildman–Crippen LogP) is 1.19. The minimum atomic E-state index is -0.122. The molecule has 1 saturated carbocycles. The molecule has 0 aliphatic heterocycles. The number of carbonyl (C=O) groups excluding carboxylic acids is 2. The van der Waals surface area contributed by atoms with Crippen LogP contribution in [0.25, 0.3) is 0 Å². The summed E-state index contributed by atoms with van der Waals surface area (Å²) in [5, 5.41) is 2.90. The van der Waals surface area contributed by atoms with E-state index in [1.54, 1.807) is 27.3 Å². The van der Waals surface area contributed by atoms with Crippen molar-refractivity contribution in [1.29, 1.82) is 0 Å². The summed E-state index contributed by atoms with van der Waals surface area (Å²) in [4.78, 5) is 24.6. The molecule has 1 aliphatic carbocycles. The summed E-state index contributed by atoms with van der Waals surface area (Å²) in [6.07, 6.45) is 1.98. The summed E-state index contributed by atoms with van der Waals surface area (Å²) in [5.74, 6) is 1.24. The molecule has 0 bridgehead atoms. The standard InChI is InChI=1S/C16H22N2O4/c1-18(2)15(19)10-22-13-7-4-11(8-14(13)21-3)9-17-16(20)12-5-6-12/h4,7-8,12H,5-6,9-10H2,1-3H3,(H,17,20). The van der Waals surface area contributed by atoms with Crippen LogP contribution in [0, 0.1) is 5.92 Å². The van der Waals surface area contributed by atoms with Crippen LogP contribution < -0.4 is 14.8 Å². The first-order valence-electron chi connectivity index (χ1n) is 7.29. The van der Waals surface area contributed by atoms with Gasteiger partial charge >= 0.3 is 0 Å². The molecule has 6 heteroatoms. The van der Waals surface area contributed by atoms with Crippen LogP contribution >= 0.6 is 0 Å². The fourth-order valence-electron chi connectivity index (χ4n) is 1.89. The zero-order valence-corrected chi connectivity index (χ0v) is 13.2. The van der Waals surface area contributed by atoms with Gasteiger partial charge in [-0.05, 0) is 30.5 Å². The molecule has 1 aliphatic rings. The summed E-state index contributed by atoms with van der Waals surface area (Å²) in [7, 11) is 4.89. The van der Waals surface area contributed by atoms with Gasteiger partial charge in [-0.2, -0.15) is 0 Å². The monoisotopic (exact) mass is 306 g/mol. The SMILES string of the molecule is COc1cc(CNC(=O)C2CC2)ccc1OCC(=O)N(C)C. The lowest BCUT2D eigenvalue weighted by Gasteiger charge is -2.14. The molecule has 22 heavy (non-hydrogen) atoms. The first-order valence-corrected chi connectivity index (χ1v) is 7.29. The fraction of sp³-hybridized carbons (Fsp3) is 0.500. The fourth-order valence-corrected chi connectivity index (χ4v) is 1.89. The second-order valence-corrected chi connectivity index (χ2v) is 5.55. The van der Waals surface area contributed by atoms with Gasteiger partial charge in [0.2, 0.25) is 5.91 Å². The highest BCUT2D eigenvalue weighted by Crippen LogP contribution is 2.30. The number of methoxy groups -OCH3 is 1. The van der Waals surface area contributed by atoms with Crippen LogP contribution in [0.1, 0.15) is 18.4 Å². The number of benzene rings is 1. The molecule has 1 fully saturated rings. The third kappa shape index (κ3) is 4.38. The maximum Gasteiger partial charge on any atom is 0.259 e. The van der Waals surface area contributed by atoms with Gasteiger partial charge in [0.05, 0.1) is 7.11 Å². The number of rotatable bonds is 7. The van der Waals surface area contributed by atoms with E-state index in [1.807, 2.05) is 12.1 Å². The Morgan fingerprint density at radius 2 is 2.00 bits per heavy atom. The molecule has 1 aromatic rings. The van der Waals surface area contributed by atoms with Crippen LogP contribution in [0.3, 0.4) is 0 Å². The van der Waals surface area contributed by atoms with Gasteiger partial charge in [-0.25, -0.2) is 0 Å². The van der Waals surface area contributed by atoms with Gasteiger partial charge in [-0.3, -0.25) is 9.59 Å². The molecule has 0 heterocycles. The number of ether oxygens (including phenoxy) is 2. The molecule has 0 spiro atoms. The lowest BCUT2D eigenvalue weighted by Crippen LogP contribution is -2.27. The lowest BCUT2D eigenvalue weighted by atomic mass is 10.2. The van der Waals surface area contributed by atoms with Gasteiger partial charge in [0.25, 0.3) is 5.91 Å². The molecule has 2 rings (SSSR count). The van der Waals surface area contributed by atoms with Crippen LogP contribution in [0.4, 0.5) is 0 Å². The first kappa shape index (κ1) is 16.1. The molecular weight excluding hydrogens is 284 g/mol. The summed E-state index contributed by atoms with van der Waals surface area (Å²) in [6, 6.07) is 5.41. The van der Waals surface area contributed by atoms with E-state index in [-0.39, 0.29) is 24.3 Å². The highest BCUT2D eigenvalue weighted by molar-refractivity contribution is 5.80. The van der Waals surface area contributed by atoms with Gasteiger partial charge in [0.15, 0.2) is 18.1 Å². The van der Waals surface area contributed by atoms with Crippen molar-refractivity contribution >= 4 is 11.8 Å². The second-order valence-electron chi connectivity index (χ2n) is 5.55. The van der Waals surface area contributed by atoms with Crippen LogP contribution in [0.15, 0.2) is 18.2 Å². The Morgan fingerprint density at radius 1 is 1.27 bits per heavy atom. The molecule has 0 unspecified atom stereocenters. The van der Waals surface area contributed by atoms with E-state index in [2.05, 4.69) is 5.32 Å². The van der Waals surface area contributed by atoms with Crippen LogP contribution in [0.5, 0.6) is 11.5 Å². The minimum Gasteiger partial charge on any atom is -0.493 e. The largest absolute Gasteiger partial charge is 0.493 e. The Morgan fingerprint density at radius 3 is 2.59 bits per heavy atom. The van der Waals surface area contributed by atoms with Crippen molar-refractivity contribution in [2.45, 2.75) is 19.4 Å². The topological polar surface area (TPSA) is 67.9 Å². The number of amides is 2. The number of hydrogen-bond acceptors (Lipinski definition) is 4. The lowest BCUT2D eigenvalue weighted by molar-refractivity contribution is -0.130. The van der Waals surface area contributed by atoms with Gasteiger partial charge in [0, 0.05) is 26.6 Å². The highest BCUT2D eigenvalue weighted by atomic mass is 16.5. The number of nitrogens with one attached hydrogen (secondary N) is 1. The van der Waals surface area contributed by atoms with E-state index in [9.17, 15) is 9.59 Å². The predicted molar refractivity (Wildman–Crippen MR) is 81.8 cm³/mol. The van der Waals surface area contributed by atoms with Crippen LogP contribution in [0.2, 0.25) is 0 Å². The second kappa shape index (κ2) is 7.15. The Balaban J connectivity index is 1.94. The Kier molecular flexibility index (Phi) is 5.25. The van der Waals surface area contributed by atoms with E-state index in [1.165, 1.54) is 4.90 Å². The van der Waals surface area contributed by atoms with Gasteiger partial charge in [0.1, 0.15) is 0 Å². The Bertz CT molecular complexity index is 553. The molecule has 6 nitrogen and oxygen atoms in total. The molecule has 0 aromatic heterocycles. The average Bonchev–Trinajstić information content (AvgIpc) is 3.35. The van der Waals surface area contributed by atoms with Crippen molar-refractivity contribution in [3.63, 3.8) is 0 Å². The normalized spacial score (nSPS) is 13.4. The Labute approximate surface area is 130 Å². The third-order valence-electron chi connectivity index (χ3n) is 3.49. The van der Waals surface area contributed by atoms with Crippen LogP contribution in [-0.4, -0.2) is 44.5 Å². The van der Waals surface area contributed by atoms with Gasteiger partial charge in [-0.15, -0.1) is 0 Å². The van der Waals surface area contributed by atoms with E-state index in [0.29, 0.717) is 18.0 Å². The van der Waals surface area contributed by atoms with E-state index in [0.717, 1.165) is 18.4 Å². The molecule has 0 saturated heterocycles. The van der Waals surface area contributed by atoms with Gasteiger partial charge in [-0.1, -0.05) is 6.07 Å². The number of nitrogens with zero attached hydrogens (tertiary/aromatic N) is 1. The van der Waals surface area contributed by atoms with Crippen molar-refractivity contribution in [2.75, 3.05) is 27.8 Å². The molecular formula is C16H22N2O4. The van der Waals surface area contributed by atoms with E-state index < -0.39 is 0 Å². The summed E-state index contributed by atoms with van der Waals surface area (Å²) >= 11 is 0. The number of hydrogen-bond donors (Lipinski definition) is 1. The Hall–Kier alpha value is -2.24. The van der Waals surface area contributed by atoms with E-state index >= 15 is 0 Å². The van der Waals surface area contributed by atoms with Crippen molar-refractivity contribution < 1.29 is 19.1 Å². The van der Waals surface area contributed by atoms with E-state index in [4.69, 9.17) is 9.47 Å². The van der Waals surface area contributed by atoms with Crippen molar-refractivity contribution in [2.24, 2.45) is 5.92 Å². The first-order chi connectivity index (χ1) is 10.5. The number of likely N-dealkylation sites (N-methyl/N-ethyl adjacent to an activating group) is 1. The third-order valence-corrected chi connectivity index (χ3v) is 3.49. The van der Waals surface area contributed by atoms with Crippen molar-refractivity contribution in [1.82, 2.24) is 10.2 Å². The van der Waals surface area contributed by atoms with Gasteiger partial charge < -0.3 is 19.7 Å². The van der Waals surface area contributed by atoms with Crippen molar-refractivity contribution in [3.05, 3.63) is 23.8 Å². The molecule has 2 amide bonds. The smallest absolute Gasteiger partial charge is 0.259 e. The zero-order valence-electron chi connectivity index (χ0n) is 13.2. The maximum atomic E-state index is 11.6. The molecule has 1 aromatic carbocycles. The quantitative estimate of drug-likeness (QED) is 0.821. The number of carbonyl (C=O) groups is 2. The summed E-state index contributed by atoms with van der Waals surface area (Å²) in [5.41, 5.74) is 0.928. The summed E-state index contributed by atoms with van der Waals surface area (Å²) < 4.78 is 10.8. The summed E-state index contributed by atoms with van der Waals surface area (Å²) in [6.45, 7) is 0.420. The zero-order chi connectivity index (χ0) is 16.1. The maximum absolute atomic E-state index is 11.6. The van der Waals surface area contributed by atoms with Crippen molar-refractivity contribution in [3.8, 4) is 11.5 Å². The minimum absolute atomic E-state index is 0.0406. The molecule has 120 valence electrons. The molecule has 0 radical (unpaired) electrons. The van der Waals surface area contributed by atoms with Crippen LogP contribution in [-0.2, 0) is 16.1 Å².